The molecule has 98 valence electrons. The molecule has 1 aromatic rings. The van der Waals surface area contributed by atoms with Crippen LogP contribution in [0.3, 0.4) is 0 Å². The van der Waals surface area contributed by atoms with Gasteiger partial charge in [-0.2, -0.15) is 5.10 Å². The lowest BCUT2D eigenvalue weighted by atomic mass is 10.0. The molecule has 17 heavy (non-hydrogen) atoms. The maximum Gasteiger partial charge on any atom is 0.0849 e. The average Bonchev–Trinajstić information content (AvgIpc) is 2.57. The van der Waals surface area contributed by atoms with Gasteiger partial charge in [0.15, 0.2) is 0 Å². The van der Waals surface area contributed by atoms with E-state index in [0.717, 1.165) is 36.6 Å². The number of rotatable bonds is 7. The Labute approximate surface area is 110 Å². The normalized spacial score (nSPS) is 13.0. The summed E-state index contributed by atoms with van der Waals surface area (Å²) in [6, 6.07) is 0. The van der Waals surface area contributed by atoms with Gasteiger partial charge in [0.1, 0.15) is 0 Å². The minimum Gasteiger partial charge on any atom is -0.317 e. The second kappa shape index (κ2) is 7.02. The van der Waals surface area contributed by atoms with Gasteiger partial charge < -0.3 is 5.32 Å². The van der Waals surface area contributed by atoms with Crippen LogP contribution in [0.25, 0.3) is 0 Å². The standard InChI is InChI=1S/C13H24ClN3/c1-5-11-13(14)12(17(4)16-11)9-10(3)7-8-15-6-2/h10,15H,5-9H2,1-4H3. The molecule has 0 amide bonds. The van der Waals surface area contributed by atoms with Crippen molar-refractivity contribution in [2.24, 2.45) is 13.0 Å². The molecule has 1 rings (SSSR count). The number of hydrogen-bond acceptors (Lipinski definition) is 2. The van der Waals surface area contributed by atoms with E-state index in [2.05, 4.69) is 31.2 Å². The SMILES string of the molecule is CCNCCC(C)Cc1c(Cl)c(CC)nn1C. The maximum absolute atomic E-state index is 6.34. The van der Waals surface area contributed by atoms with E-state index in [1.54, 1.807) is 0 Å². The van der Waals surface area contributed by atoms with Gasteiger partial charge in [0.25, 0.3) is 0 Å². The van der Waals surface area contributed by atoms with Gasteiger partial charge in [-0.25, -0.2) is 0 Å². The first-order valence-electron chi connectivity index (χ1n) is 6.51. The highest BCUT2D eigenvalue weighted by atomic mass is 35.5. The first kappa shape index (κ1) is 14.5. The minimum atomic E-state index is 0.631. The summed E-state index contributed by atoms with van der Waals surface area (Å²) in [6.07, 6.45) is 3.09. The van der Waals surface area contributed by atoms with E-state index in [1.165, 1.54) is 12.1 Å². The van der Waals surface area contributed by atoms with Crippen LogP contribution in [-0.4, -0.2) is 22.9 Å². The molecule has 1 atom stereocenters. The lowest BCUT2D eigenvalue weighted by Crippen LogP contribution is -2.18. The van der Waals surface area contributed by atoms with Gasteiger partial charge in [-0.3, -0.25) is 4.68 Å². The molecule has 1 aromatic heterocycles. The molecule has 1 unspecified atom stereocenters. The summed E-state index contributed by atoms with van der Waals surface area (Å²) < 4.78 is 1.94. The van der Waals surface area contributed by atoms with E-state index in [-0.39, 0.29) is 0 Å². The maximum atomic E-state index is 6.34. The molecule has 1 heterocycles. The largest absolute Gasteiger partial charge is 0.317 e. The highest BCUT2D eigenvalue weighted by Gasteiger charge is 2.15. The number of nitrogens with zero attached hydrogens (tertiary/aromatic N) is 2. The van der Waals surface area contributed by atoms with E-state index in [1.807, 2.05) is 11.7 Å². The van der Waals surface area contributed by atoms with Crippen molar-refractivity contribution in [1.29, 1.82) is 0 Å². The Morgan fingerprint density at radius 1 is 1.41 bits per heavy atom. The van der Waals surface area contributed by atoms with Crippen LogP contribution in [0, 0.1) is 5.92 Å². The van der Waals surface area contributed by atoms with E-state index >= 15 is 0 Å². The predicted molar refractivity (Wildman–Crippen MR) is 73.6 cm³/mol. The first-order chi connectivity index (χ1) is 8.10. The lowest BCUT2D eigenvalue weighted by molar-refractivity contribution is 0.489. The molecule has 0 saturated carbocycles. The van der Waals surface area contributed by atoms with Crippen LogP contribution in [0.2, 0.25) is 5.02 Å². The smallest absolute Gasteiger partial charge is 0.0849 e. The second-order valence-corrected chi connectivity index (χ2v) is 5.01. The van der Waals surface area contributed by atoms with Gasteiger partial charge in [-0.05, 0) is 38.3 Å². The molecule has 0 saturated heterocycles. The summed E-state index contributed by atoms with van der Waals surface area (Å²) in [7, 11) is 1.98. The van der Waals surface area contributed by atoms with Gasteiger partial charge >= 0.3 is 0 Å². The number of nitrogens with one attached hydrogen (secondary N) is 1. The van der Waals surface area contributed by atoms with Crippen molar-refractivity contribution in [2.45, 2.75) is 40.0 Å². The van der Waals surface area contributed by atoms with Crippen LogP contribution in [0.4, 0.5) is 0 Å². The van der Waals surface area contributed by atoms with Gasteiger partial charge in [0, 0.05) is 7.05 Å². The zero-order chi connectivity index (χ0) is 12.8. The summed E-state index contributed by atoms with van der Waals surface area (Å²) in [6.45, 7) is 8.61. The van der Waals surface area contributed by atoms with Crippen molar-refractivity contribution in [1.82, 2.24) is 15.1 Å². The highest BCUT2D eigenvalue weighted by molar-refractivity contribution is 6.31. The Balaban J connectivity index is 2.58. The Hall–Kier alpha value is -0.540. The molecule has 0 spiro atoms. The zero-order valence-corrected chi connectivity index (χ0v) is 12.1. The molecule has 1 N–H and O–H groups in total. The van der Waals surface area contributed by atoms with Gasteiger partial charge in [-0.15, -0.1) is 0 Å². The van der Waals surface area contributed by atoms with Crippen molar-refractivity contribution >= 4 is 11.6 Å². The molecule has 0 radical (unpaired) electrons. The fraction of sp³-hybridized carbons (Fsp3) is 0.769. The molecule has 0 aliphatic rings. The fourth-order valence-corrected chi connectivity index (χ4v) is 2.37. The van der Waals surface area contributed by atoms with Gasteiger partial charge in [0.2, 0.25) is 0 Å². The molecule has 0 aliphatic carbocycles. The summed E-state index contributed by atoms with van der Waals surface area (Å²) in [5.41, 5.74) is 2.19. The Kier molecular flexibility index (Phi) is 6.00. The van der Waals surface area contributed by atoms with Crippen LogP contribution in [0.1, 0.15) is 38.6 Å². The van der Waals surface area contributed by atoms with Crippen molar-refractivity contribution in [3.8, 4) is 0 Å². The summed E-state index contributed by atoms with van der Waals surface area (Å²) in [4.78, 5) is 0. The molecule has 0 aromatic carbocycles. The number of aryl methyl sites for hydroxylation is 2. The van der Waals surface area contributed by atoms with Gasteiger partial charge in [0.05, 0.1) is 16.4 Å². The molecule has 0 fully saturated rings. The van der Waals surface area contributed by atoms with E-state index in [4.69, 9.17) is 11.6 Å². The number of aromatic nitrogens is 2. The van der Waals surface area contributed by atoms with Crippen LogP contribution in [-0.2, 0) is 19.9 Å². The summed E-state index contributed by atoms with van der Waals surface area (Å²) in [5.74, 6) is 0.631. The zero-order valence-electron chi connectivity index (χ0n) is 11.4. The molecule has 3 nitrogen and oxygen atoms in total. The third kappa shape index (κ3) is 4.00. The van der Waals surface area contributed by atoms with E-state index < -0.39 is 0 Å². The van der Waals surface area contributed by atoms with E-state index in [0.29, 0.717) is 5.92 Å². The van der Waals surface area contributed by atoms with Crippen molar-refractivity contribution in [2.75, 3.05) is 13.1 Å². The molecular weight excluding hydrogens is 234 g/mol. The van der Waals surface area contributed by atoms with Gasteiger partial charge in [-0.1, -0.05) is 32.4 Å². The quantitative estimate of drug-likeness (QED) is 0.762. The van der Waals surface area contributed by atoms with Crippen LogP contribution >= 0.6 is 11.6 Å². The Bertz CT molecular complexity index is 347. The fourth-order valence-electron chi connectivity index (χ4n) is 2.00. The van der Waals surface area contributed by atoms with Crippen LogP contribution < -0.4 is 5.32 Å². The first-order valence-corrected chi connectivity index (χ1v) is 6.88. The molecule has 0 bridgehead atoms. The Morgan fingerprint density at radius 3 is 2.65 bits per heavy atom. The number of halogens is 1. The number of hydrogen-bond donors (Lipinski definition) is 1. The minimum absolute atomic E-state index is 0.631. The average molecular weight is 258 g/mol. The summed E-state index contributed by atoms with van der Waals surface area (Å²) in [5, 5.41) is 8.67. The molecule has 4 heteroatoms. The predicted octanol–water partition coefficient (Wildman–Crippen LogP) is 2.81. The Morgan fingerprint density at radius 2 is 2.12 bits per heavy atom. The second-order valence-electron chi connectivity index (χ2n) is 4.64. The topological polar surface area (TPSA) is 29.9 Å². The third-order valence-electron chi connectivity index (χ3n) is 3.11. The van der Waals surface area contributed by atoms with Crippen LogP contribution in [0.15, 0.2) is 0 Å². The van der Waals surface area contributed by atoms with Crippen molar-refractivity contribution < 1.29 is 0 Å². The van der Waals surface area contributed by atoms with Crippen molar-refractivity contribution in [3.05, 3.63) is 16.4 Å². The summed E-state index contributed by atoms with van der Waals surface area (Å²) >= 11 is 6.34. The van der Waals surface area contributed by atoms with E-state index in [9.17, 15) is 0 Å². The lowest BCUT2D eigenvalue weighted by Gasteiger charge is -2.12. The monoisotopic (exact) mass is 257 g/mol. The third-order valence-corrected chi connectivity index (χ3v) is 3.54. The molecular formula is C13H24ClN3. The highest BCUT2D eigenvalue weighted by Crippen LogP contribution is 2.24. The van der Waals surface area contributed by atoms with Crippen LogP contribution in [0.5, 0.6) is 0 Å². The molecule has 0 aliphatic heterocycles. The van der Waals surface area contributed by atoms with Crippen molar-refractivity contribution in [3.63, 3.8) is 0 Å².